The molecule has 1 spiro atoms. The molecule has 0 aliphatic carbocycles. The molecule has 47 heavy (non-hydrogen) atoms. The molecule has 0 radical (unpaired) electrons. The highest BCUT2D eigenvalue weighted by molar-refractivity contribution is 5.96. The van der Waals surface area contributed by atoms with Crippen LogP contribution in [0.4, 0.5) is 0 Å². The molecule has 2 bridgehead atoms. The topological polar surface area (TPSA) is 104 Å². The summed E-state index contributed by atoms with van der Waals surface area (Å²) in [6.07, 6.45) is 11.6. The van der Waals surface area contributed by atoms with E-state index in [-0.39, 0.29) is 54.2 Å². The van der Waals surface area contributed by atoms with Gasteiger partial charge in [0.15, 0.2) is 5.79 Å². The Balaban J connectivity index is 1.53. The van der Waals surface area contributed by atoms with E-state index in [2.05, 4.69) is 39.8 Å². The van der Waals surface area contributed by atoms with Crippen molar-refractivity contribution < 1.29 is 38.7 Å². The van der Waals surface area contributed by atoms with Crippen LogP contribution in [-0.4, -0.2) is 71.8 Å². The number of rotatable bonds is 3. The van der Waals surface area contributed by atoms with Crippen LogP contribution in [0.1, 0.15) is 108 Å². The van der Waals surface area contributed by atoms with Crippen molar-refractivity contribution in [2.24, 2.45) is 17.8 Å². The van der Waals surface area contributed by atoms with Crippen LogP contribution in [0.25, 0.3) is 5.57 Å². The maximum Gasteiger partial charge on any atom is 0.339 e. The van der Waals surface area contributed by atoms with E-state index in [0.29, 0.717) is 48.3 Å². The van der Waals surface area contributed by atoms with Gasteiger partial charge in [-0.1, -0.05) is 43.7 Å². The van der Waals surface area contributed by atoms with Crippen LogP contribution in [-0.2, 0) is 23.7 Å². The van der Waals surface area contributed by atoms with Gasteiger partial charge in [0, 0.05) is 32.8 Å². The van der Waals surface area contributed by atoms with Crippen LogP contribution >= 0.6 is 0 Å². The summed E-state index contributed by atoms with van der Waals surface area (Å²) >= 11 is 0. The Bertz CT molecular complexity index is 1360. The van der Waals surface area contributed by atoms with Gasteiger partial charge in [0.05, 0.1) is 42.2 Å². The lowest BCUT2D eigenvalue weighted by Crippen LogP contribution is -2.53. The standard InChI is InChI=1S/C39H56O8/c1-22-14-15-39(46-27(22)6)21-30-17-29(47-39)13-12-25(4)31(19-37-36(43-8)20-35(41)28(7)44-37)23(2)10-9-11-24(3)32-18-34(40)26(5)16-33(32)38(42)45-30/h9-12,16,18,22-23,27-31,35-37,40-41H,13-15,17,19-21H2,1-8H3/b10-9+,24-11+,25-12-/t22-,23-,27-,28+,29-,30?,31+,35?,36-,37?,39-/m0/s1. The molecule has 4 heterocycles. The highest BCUT2D eigenvalue weighted by Gasteiger charge is 2.48. The number of aliphatic hydroxyl groups is 1. The van der Waals surface area contributed by atoms with Crippen molar-refractivity contribution in [2.75, 3.05) is 7.11 Å². The monoisotopic (exact) mass is 652 g/mol. The van der Waals surface area contributed by atoms with E-state index < -0.39 is 17.9 Å². The third-order valence-electron chi connectivity index (χ3n) is 11.2. The lowest BCUT2D eigenvalue weighted by molar-refractivity contribution is -0.331. The molecule has 2 N–H and O–H groups in total. The fourth-order valence-corrected chi connectivity index (χ4v) is 7.82. The minimum absolute atomic E-state index is 0.0373. The predicted molar refractivity (Wildman–Crippen MR) is 182 cm³/mol. The SMILES string of the molecule is CO[C@H]1CC(O)[C@@H](C)OC1C[C@H]1/C(C)=C\C[C@H]2CC(C[C@]3(CC[C@H](C)[C@H](C)O3)O2)OC(=O)c2cc(C)c(O)cc2/C(C)=C/C=C/[C@@H]1C. The Morgan fingerprint density at radius 2 is 1.77 bits per heavy atom. The number of carbonyl (C=O) groups is 1. The van der Waals surface area contributed by atoms with E-state index in [1.54, 1.807) is 26.2 Å². The number of esters is 1. The lowest BCUT2D eigenvalue weighted by atomic mass is 9.80. The van der Waals surface area contributed by atoms with E-state index in [1.165, 1.54) is 5.57 Å². The zero-order valence-electron chi connectivity index (χ0n) is 29.5. The highest BCUT2D eigenvalue weighted by atomic mass is 16.7. The average Bonchev–Trinajstić information content (AvgIpc) is 3.02. The lowest BCUT2D eigenvalue weighted by Gasteiger charge is -2.49. The molecule has 1 aromatic carbocycles. The zero-order valence-corrected chi connectivity index (χ0v) is 29.5. The summed E-state index contributed by atoms with van der Waals surface area (Å²) in [7, 11) is 1.69. The number of carbonyl (C=O) groups excluding carboxylic acids is 1. The number of hydrogen-bond acceptors (Lipinski definition) is 8. The van der Waals surface area contributed by atoms with Gasteiger partial charge in [-0.25, -0.2) is 4.79 Å². The number of phenols is 1. The molecule has 4 aliphatic rings. The van der Waals surface area contributed by atoms with Crippen molar-refractivity contribution in [3.63, 3.8) is 0 Å². The van der Waals surface area contributed by atoms with Crippen molar-refractivity contribution in [1.29, 1.82) is 0 Å². The molecule has 8 heteroatoms. The molecule has 0 saturated carbocycles. The van der Waals surface area contributed by atoms with Gasteiger partial charge in [0.25, 0.3) is 0 Å². The van der Waals surface area contributed by atoms with Crippen LogP contribution in [0.2, 0.25) is 0 Å². The summed E-state index contributed by atoms with van der Waals surface area (Å²) < 4.78 is 31.8. The minimum atomic E-state index is -0.801. The van der Waals surface area contributed by atoms with E-state index in [9.17, 15) is 15.0 Å². The Kier molecular flexibility index (Phi) is 11.4. The number of aliphatic hydroxyl groups excluding tert-OH is 1. The van der Waals surface area contributed by atoms with Crippen molar-refractivity contribution in [1.82, 2.24) is 0 Å². The maximum atomic E-state index is 13.8. The number of benzene rings is 1. The molecular formula is C39H56O8. The molecule has 8 nitrogen and oxygen atoms in total. The van der Waals surface area contributed by atoms with Gasteiger partial charge in [0.2, 0.25) is 0 Å². The summed E-state index contributed by atoms with van der Waals surface area (Å²) in [6.45, 7) is 14.4. The fraction of sp³-hybridized carbons (Fsp3) is 0.667. The fourth-order valence-electron chi connectivity index (χ4n) is 7.82. The van der Waals surface area contributed by atoms with Gasteiger partial charge in [-0.2, -0.15) is 0 Å². The second kappa shape index (κ2) is 15.0. The Hall–Kier alpha value is -2.49. The highest BCUT2D eigenvalue weighted by Crippen LogP contribution is 2.43. The van der Waals surface area contributed by atoms with E-state index in [0.717, 1.165) is 24.8 Å². The molecule has 0 aromatic heterocycles. The van der Waals surface area contributed by atoms with E-state index in [1.807, 2.05) is 26.0 Å². The van der Waals surface area contributed by atoms with Crippen molar-refractivity contribution in [2.45, 2.75) is 142 Å². The van der Waals surface area contributed by atoms with Crippen molar-refractivity contribution in [3.05, 3.63) is 58.7 Å². The third kappa shape index (κ3) is 8.22. The predicted octanol–water partition coefficient (Wildman–Crippen LogP) is 7.44. The number of phenolic OH excluding ortho intramolecular Hbond substituents is 1. The van der Waals surface area contributed by atoms with Crippen LogP contribution in [0, 0.1) is 24.7 Å². The van der Waals surface area contributed by atoms with Crippen LogP contribution < -0.4 is 0 Å². The summed E-state index contributed by atoms with van der Waals surface area (Å²) in [6, 6.07) is 3.39. The zero-order chi connectivity index (χ0) is 34.0. The minimum Gasteiger partial charge on any atom is -0.508 e. The molecule has 3 unspecified atom stereocenters. The molecule has 3 saturated heterocycles. The average molecular weight is 653 g/mol. The summed E-state index contributed by atoms with van der Waals surface area (Å²) in [5.74, 6) is -0.338. The first-order valence-corrected chi connectivity index (χ1v) is 17.6. The number of aromatic hydroxyl groups is 1. The first-order valence-electron chi connectivity index (χ1n) is 17.6. The van der Waals surface area contributed by atoms with Gasteiger partial charge >= 0.3 is 5.97 Å². The number of aryl methyl sites for hydroxylation is 1. The molecule has 3 fully saturated rings. The van der Waals surface area contributed by atoms with Gasteiger partial charge in [-0.15, -0.1) is 0 Å². The van der Waals surface area contributed by atoms with Gasteiger partial charge < -0.3 is 33.9 Å². The molecule has 4 aliphatic heterocycles. The first-order chi connectivity index (χ1) is 22.3. The quantitative estimate of drug-likeness (QED) is 0.257. The number of methoxy groups -OCH3 is 1. The summed E-state index contributed by atoms with van der Waals surface area (Å²) in [5.41, 5.74) is 3.80. The second-order valence-corrected chi connectivity index (χ2v) is 14.7. The maximum absolute atomic E-state index is 13.8. The molecule has 5 rings (SSSR count). The molecule has 260 valence electrons. The second-order valence-electron chi connectivity index (χ2n) is 14.7. The number of fused-ring (bicyclic) bond motifs is 3. The van der Waals surface area contributed by atoms with Crippen LogP contribution in [0.5, 0.6) is 5.75 Å². The summed E-state index contributed by atoms with van der Waals surface area (Å²) in [4.78, 5) is 13.8. The normalized spacial score (nSPS) is 41.6. The van der Waals surface area contributed by atoms with Gasteiger partial charge in [0.1, 0.15) is 11.9 Å². The van der Waals surface area contributed by atoms with Crippen molar-refractivity contribution in [3.8, 4) is 5.75 Å². The van der Waals surface area contributed by atoms with Gasteiger partial charge in [-0.3, -0.25) is 0 Å². The number of ether oxygens (including phenoxy) is 5. The third-order valence-corrected chi connectivity index (χ3v) is 11.2. The summed E-state index contributed by atoms with van der Waals surface area (Å²) in [5, 5.41) is 21.1. The van der Waals surface area contributed by atoms with Crippen LogP contribution in [0.15, 0.2) is 42.0 Å². The van der Waals surface area contributed by atoms with Crippen molar-refractivity contribution >= 4 is 11.5 Å². The molecule has 0 amide bonds. The van der Waals surface area contributed by atoms with E-state index >= 15 is 0 Å². The first kappa shape index (κ1) is 35.8. The number of allylic oxidation sites excluding steroid dienone is 5. The Morgan fingerprint density at radius 1 is 1.00 bits per heavy atom. The Morgan fingerprint density at radius 3 is 2.49 bits per heavy atom. The molecular weight excluding hydrogens is 596 g/mol. The van der Waals surface area contributed by atoms with Gasteiger partial charge in [-0.05, 0) is 100 Å². The van der Waals surface area contributed by atoms with Crippen LogP contribution in [0.3, 0.4) is 0 Å². The Labute approximate surface area is 281 Å². The molecule has 1 aromatic rings. The smallest absolute Gasteiger partial charge is 0.339 e. The number of hydrogen-bond donors (Lipinski definition) is 2. The largest absolute Gasteiger partial charge is 0.508 e. The van der Waals surface area contributed by atoms with E-state index in [4.69, 9.17) is 23.7 Å². The molecule has 11 atom stereocenters.